The third-order valence-electron chi connectivity index (χ3n) is 16.3. The third kappa shape index (κ3) is 7.29. The van der Waals surface area contributed by atoms with Gasteiger partial charge in [-0.2, -0.15) is 5.26 Å². The van der Waals surface area contributed by atoms with Gasteiger partial charge in [-0.3, -0.25) is 0 Å². The summed E-state index contributed by atoms with van der Waals surface area (Å²) in [4.78, 5) is 11.0. The summed E-state index contributed by atoms with van der Waals surface area (Å²) in [5.74, 6) is 1.66. The molecule has 2 unspecified atom stereocenters. The van der Waals surface area contributed by atoms with E-state index in [4.69, 9.17) is 9.98 Å². The Morgan fingerprint density at radius 2 is 1.36 bits per heavy atom. The molecule has 4 heterocycles. The number of nitrogens with one attached hydrogen (secondary N) is 1. The first-order valence-corrected chi connectivity index (χ1v) is 26.8. The highest BCUT2D eigenvalue weighted by Gasteiger charge is 2.32. The molecule has 7 heteroatoms. The first kappa shape index (κ1) is 44.9. The Morgan fingerprint density at radius 3 is 2.11 bits per heavy atom. The van der Waals surface area contributed by atoms with Crippen molar-refractivity contribution in [3.8, 4) is 17.4 Å². The van der Waals surface area contributed by atoms with Gasteiger partial charge in [-0.15, -0.1) is 0 Å². The van der Waals surface area contributed by atoms with Crippen molar-refractivity contribution >= 4 is 83.5 Å². The van der Waals surface area contributed by atoms with Crippen LogP contribution in [0.4, 0.5) is 0 Å². The second-order valence-electron chi connectivity index (χ2n) is 21.3. The van der Waals surface area contributed by atoms with E-state index in [1.54, 1.807) is 0 Å². The highest BCUT2D eigenvalue weighted by atomic mass is 15.2. The summed E-state index contributed by atoms with van der Waals surface area (Å²) >= 11 is 0. The fraction of sp³-hybridized carbons (Fsp3) is 0.191. The number of amidine groups is 2. The summed E-state index contributed by atoms with van der Waals surface area (Å²) in [7, 11) is 0. The van der Waals surface area contributed by atoms with Gasteiger partial charge in [0.1, 0.15) is 18.1 Å². The van der Waals surface area contributed by atoms with E-state index in [0.717, 1.165) is 106 Å². The molecule has 364 valence electrons. The number of allylic oxidation sites excluding steroid dienone is 10. The lowest BCUT2D eigenvalue weighted by Gasteiger charge is -2.29. The van der Waals surface area contributed by atoms with Crippen molar-refractivity contribution in [2.75, 3.05) is 0 Å². The number of fused-ring (bicyclic) bond motifs is 9. The molecule has 1 N–H and O–H groups in total. The van der Waals surface area contributed by atoms with Crippen LogP contribution in [0, 0.1) is 25.2 Å². The summed E-state index contributed by atoms with van der Waals surface area (Å²) in [6.07, 6.45) is 26.5. The molecule has 6 aromatic carbocycles. The molecule has 0 bridgehead atoms. The Balaban J connectivity index is 1.07. The molecule has 0 radical (unpaired) electrons. The second-order valence-corrected chi connectivity index (χ2v) is 21.3. The topological polar surface area (TPSA) is 75.3 Å². The predicted octanol–water partition coefficient (Wildman–Crippen LogP) is 16.6. The number of hydrogen-bond donors (Lipinski definition) is 1. The first-order chi connectivity index (χ1) is 36.8. The van der Waals surface area contributed by atoms with Gasteiger partial charge < -0.3 is 19.0 Å². The van der Waals surface area contributed by atoms with Gasteiger partial charge in [0, 0.05) is 55.4 Å². The van der Waals surface area contributed by atoms with Gasteiger partial charge in [0.15, 0.2) is 5.84 Å². The van der Waals surface area contributed by atoms with E-state index < -0.39 is 6.17 Å². The average molecular weight is 972 g/mol. The van der Waals surface area contributed by atoms with Crippen molar-refractivity contribution in [2.45, 2.75) is 84.7 Å². The number of para-hydroxylation sites is 2. The number of aryl methyl sites for hydroxylation is 2. The van der Waals surface area contributed by atoms with Crippen LogP contribution in [0.25, 0.3) is 83.2 Å². The Kier molecular flexibility index (Phi) is 10.6. The summed E-state index contributed by atoms with van der Waals surface area (Å²) < 4.78 is 7.37. The van der Waals surface area contributed by atoms with E-state index in [-0.39, 0.29) is 5.92 Å². The molecule has 3 aromatic heterocycles. The summed E-state index contributed by atoms with van der Waals surface area (Å²) in [5.41, 5.74) is 21.3. The molecule has 0 amide bonds. The van der Waals surface area contributed by atoms with Crippen LogP contribution >= 0.6 is 0 Å². The number of rotatable bonds is 7. The van der Waals surface area contributed by atoms with Crippen molar-refractivity contribution in [2.24, 2.45) is 9.98 Å². The molecule has 9 aromatic rings. The normalized spacial score (nSPS) is 18.6. The highest BCUT2D eigenvalue weighted by molar-refractivity contribution is 6.20. The molecule has 0 spiro atoms. The zero-order valence-corrected chi connectivity index (χ0v) is 43.0. The quantitative estimate of drug-likeness (QED) is 0.173. The Labute approximate surface area is 437 Å². The van der Waals surface area contributed by atoms with Crippen LogP contribution in [0.5, 0.6) is 0 Å². The van der Waals surface area contributed by atoms with Crippen LogP contribution in [0.15, 0.2) is 191 Å². The van der Waals surface area contributed by atoms with Crippen molar-refractivity contribution in [1.82, 2.24) is 19.0 Å². The predicted molar refractivity (Wildman–Crippen MR) is 313 cm³/mol. The second kappa shape index (κ2) is 17.7. The first-order valence-electron chi connectivity index (χ1n) is 26.8. The van der Waals surface area contributed by atoms with Gasteiger partial charge >= 0.3 is 0 Å². The molecule has 75 heavy (non-hydrogen) atoms. The van der Waals surface area contributed by atoms with Crippen LogP contribution in [-0.2, 0) is 0 Å². The van der Waals surface area contributed by atoms with Crippen molar-refractivity contribution < 1.29 is 0 Å². The molecule has 5 aliphatic rings. The van der Waals surface area contributed by atoms with Gasteiger partial charge in [-0.05, 0) is 142 Å². The zero-order chi connectivity index (χ0) is 50.5. The fourth-order valence-corrected chi connectivity index (χ4v) is 13.1. The number of hydrogen-bond acceptors (Lipinski definition) is 4. The molecule has 7 nitrogen and oxygen atoms in total. The van der Waals surface area contributed by atoms with Crippen LogP contribution in [0.1, 0.15) is 104 Å². The molecule has 0 saturated heterocycles. The van der Waals surface area contributed by atoms with E-state index in [0.29, 0.717) is 11.4 Å². The molecule has 14 rings (SSSR count). The van der Waals surface area contributed by atoms with E-state index in [1.165, 1.54) is 72.0 Å². The van der Waals surface area contributed by atoms with E-state index in [9.17, 15) is 5.26 Å². The number of aliphatic imine (C=N–C) groups is 2. The van der Waals surface area contributed by atoms with E-state index in [2.05, 4.69) is 223 Å². The monoisotopic (exact) mass is 971 g/mol. The lowest BCUT2D eigenvalue weighted by molar-refractivity contribution is 0.698. The average Bonchev–Trinajstić information content (AvgIpc) is 4.18. The van der Waals surface area contributed by atoms with E-state index >= 15 is 0 Å². The van der Waals surface area contributed by atoms with Crippen LogP contribution in [-0.4, -0.2) is 31.5 Å². The van der Waals surface area contributed by atoms with Gasteiger partial charge in [0.05, 0.1) is 44.5 Å². The highest BCUT2D eigenvalue weighted by Crippen LogP contribution is 2.46. The largest absolute Gasteiger partial charge is 0.344 e. The fourth-order valence-electron chi connectivity index (χ4n) is 13.1. The molecule has 4 aliphatic carbocycles. The van der Waals surface area contributed by atoms with Gasteiger partial charge in [-0.1, -0.05) is 139 Å². The standard InChI is InChI=1S/C68H57N7/c1-41-31-43(3)64-55(33-41)56-34-42(2)32-44(4)65(56)75(64)63-38-60(74-59-30-17-15-28-52(59)54-37-53-51-27-14-16-29-58(51)73(61(53)39-62(54)74)50-25-12-7-13-26-50)49(40-69)36-57(63)68-71-66(46-21-10-6-11-22-46)70-67(72-68)48-24-18-23-47(35-48)45-19-8-5-9-20-45/h5-10,12,14-17,19-21,24-25,27-31,33-39,44,67H,11,13,18,22-23,26,32H2,1-4H3,(H,70,71,72). The minimum Gasteiger partial charge on any atom is -0.344 e. The van der Waals surface area contributed by atoms with Crippen LogP contribution in [0.2, 0.25) is 0 Å². The third-order valence-corrected chi connectivity index (χ3v) is 16.3. The maximum atomic E-state index is 11.7. The lowest BCUT2D eigenvalue weighted by atomic mass is 9.88. The number of nitriles is 1. The molecule has 0 saturated carbocycles. The summed E-state index contributed by atoms with van der Waals surface area (Å²) in [6, 6.07) is 44.9. The summed E-state index contributed by atoms with van der Waals surface area (Å²) in [5, 5.41) is 21.7. The molecule has 0 fully saturated rings. The minimum absolute atomic E-state index is 0.218. The lowest BCUT2D eigenvalue weighted by Crippen LogP contribution is -2.41. The molecule has 2 atom stereocenters. The Bertz CT molecular complexity index is 4290. The molecule has 1 aliphatic heterocycles. The maximum Gasteiger partial charge on any atom is 0.155 e. The van der Waals surface area contributed by atoms with Crippen LogP contribution in [0.3, 0.4) is 0 Å². The number of nitrogens with zero attached hydrogens (tertiary/aromatic N) is 6. The number of aromatic nitrogens is 3. The summed E-state index contributed by atoms with van der Waals surface area (Å²) in [6.45, 7) is 9.10. The van der Waals surface area contributed by atoms with Crippen molar-refractivity contribution in [3.63, 3.8) is 0 Å². The maximum absolute atomic E-state index is 11.7. The minimum atomic E-state index is -0.401. The Hall–Kier alpha value is -8.73. The molecular formula is C68H57N7. The van der Waals surface area contributed by atoms with Gasteiger partial charge in [-0.25, -0.2) is 9.98 Å². The van der Waals surface area contributed by atoms with Crippen molar-refractivity contribution in [3.05, 3.63) is 220 Å². The Morgan fingerprint density at radius 1 is 0.640 bits per heavy atom. The smallest absolute Gasteiger partial charge is 0.155 e. The van der Waals surface area contributed by atoms with Crippen molar-refractivity contribution in [1.29, 1.82) is 5.26 Å². The van der Waals surface area contributed by atoms with E-state index in [1.807, 2.05) is 0 Å². The van der Waals surface area contributed by atoms with Gasteiger partial charge in [0.2, 0.25) is 0 Å². The zero-order valence-electron chi connectivity index (χ0n) is 43.0. The van der Waals surface area contributed by atoms with Crippen LogP contribution < -0.4 is 5.32 Å². The molecular weight excluding hydrogens is 915 g/mol. The SMILES string of the molecule is CC1=Cc2c(n(-c3cc(-n4c5ccccc5c5cc6c7ccccc7n(C7=CC=CCC7)c6cc54)c(C#N)cc3C3=NC(C4=CC=CCC4)=NC(C4=CCCC(c5ccccc5)=C4)N3)c3c(C)cc(C)cc23)C(C)C1. The number of benzene rings is 6. The van der Waals surface area contributed by atoms with Gasteiger partial charge in [0.25, 0.3) is 0 Å².